The first-order valence-electron chi connectivity index (χ1n) is 9.35. The van der Waals surface area contributed by atoms with Gasteiger partial charge in [0.25, 0.3) is 0 Å². The summed E-state index contributed by atoms with van der Waals surface area (Å²) in [6.07, 6.45) is 3.18. The Balaban J connectivity index is 1.80. The lowest BCUT2D eigenvalue weighted by Gasteiger charge is -2.24. The van der Waals surface area contributed by atoms with E-state index in [1.165, 1.54) is 0 Å². The third-order valence-electron chi connectivity index (χ3n) is 4.45. The average Bonchev–Trinajstić information content (AvgIpc) is 3.17. The van der Waals surface area contributed by atoms with Crippen LogP contribution in [0.25, 0.3) is 0 Å². The van der Waals surface area contributed by atoms with E-state index >= 15 is 0 Å². The first kappa shape index (κ1) is 21.2. The van der Waals surface area contributed by atoms with E-state index < -0.39 is 6.10 Å². The Bertz CT molecular complexity index is 661. The molecule has 150 valence electrons. The van der Waals surface area contributed by atoms with Crippen molar-refractivity contribution in [3.8, 4) is 11.5 Å². The monoisotopic (exact) mass is 376 g/mol. The van der Waals surface area contributed by atoms with Gasteiger partial charge in [0, 0.05) is 38.1 Å². The molecule has 1 aromatic heterocycles. The third kappa shape index (κ3) is 7.21. The Hall–Kier alpha value is -2.09. The molecule has 0 saturated heterocycles. The fraction of sp³-hybridized carbons (Fsp3) is 0.550. The first-order valence-corrected chi connectivity index (χ1v) is 9.35. The summed E-state index contributed by atoms with van der Waals surface area (Å²) in [5.41, 5.74) is 1.11. The number of likely N-dealkylation sites (N-methyl/N-ethyl adjacent to an activating group) is 1. The Labute approximate surface area is 161 Å². The second-order valence-corrected chi connectivity index (χ2v) is 6.93. The fourth-order valence-electron chi connectivity index (χ4n) is 2.58. The van der Waals surface area contributed by atoms with Gasteiger partial charge in [-0.05, 0) is 44.7 Å². The van der Waals surface area contributed by atoms with Gasteiger partial charge in [-0.2, -0.15) is 5.10 Å². The van der Waals surface area contributed by atoms with Gasteiger partial charge < -0.3 is 24.8 Å². The molecule has 0 unspecified atom stereocenters. The SMILES string of the molecule is COc1cc(CNCCn2cccn2)ccc1OC[C@@H](O)CN(C)C(C)C. The molecule has 0 saturated carbocycles. The Morgan fingerprint density at radius 3 is 2.78 bits per heavy atom. The summed E-state index contributed by atoms with van der Waals surface area (Å²) in [6.45, 7) is 7.38. The van der Waals surface area contributed by atoms with E-state index in [0.717, 1.165) is 25.2 Å². The van der Waals surface area contributed by atoms with Gasteiger partial charge in [0.1, 0.15) is 12.7 Å². The van der Waals surface area contributed by atoms with Crippen LogP contribution in [0.15, 0.2) is 36.7 Å². The van der Waals surface area contributed by atoms with E-state index in [4.69, 9.17) is 9.47 Å². The van der Waals surface area contributed by atoms with Crippen molar-refractivity contribution in [2.75, 3.05) is 33.9 Å². The Morgan fingerprint density at radius 2 is 2.11 bits per heavy atom. The van der Waals surface area contributed by atoms with Crippen molar-refractivity contribution in [2.45, 2.75) is 39.1 Å². The minimum Gasteiger partial charge on any atom is -0.493 e. The number of aliphatic hydroxyl groups is 1. The van der Waals surface area contributed by atoms with Crippen molar-refractivity contribution >= 4 is 0 Å². The van der Waals surface area contributed by atoms with Crippen LogP contribution >= 0.6 is 0 Å². The van der Waals surface area contributed by atoms with E-state index in [9.17, 15) is 5.11 Å². The molecule has 0 aliphatic carbocycles. The van der Waals surface area contributed by atoms with Crippen molar-refractivity contribution in [1.82, 2.24) is 20.0 Å². The standard InChI is InChI=1S/C20H32N4O3/c1-16(2)23(3)14-18(25)15-27-19-7-6-17(12-20(19)26-4)13-21-9-11-24-10-5-8-22-24/h5-8,10,12,16,18,21,25H,9,11,13-15H2,1-4H3/t18-/m0/s1. The molecule has 0 spiro atoms. The number of benzene rings is 1. The number of aliphatic hydroxyl groups excluding tert-OH is 1. The van der Waals surface area contributed by atoms with Gasteiger partial charge >= 0.3 is 0 Å². The summed E-state index contributed by atoms with van der Waals surface area (Å²) in [5, 5.41) is 17.7. The van der Waals surface area contributed by atoms with Gasteiger partial charge in [0.05, 0.1) is 13.7 Å². The molecule has 0 fully saturated rings. The number of methoxy groups -OCH3 is 1. The van der Waals surface area contributed by atoms with Gasteiger partial charge in [-0.25, -0.2) is 0 Å². The fourth-order valence-corrected chi connectivity index (χ4v) is 2.58. The highest BCUT2D eigenvalue weighted by Gasteiger charge is 2.13. The second-order valence-electron chi connectivity index (χ2n) is 6.93. The van der Waals surface area contributed by atoms with Crippen molar-refractivity contribution in [2.24, 2.45) is 0 Å². The summed E-state index contributed by atoms with van der Waals surface area (Å²) in [7, 11) is 3.61. The van der Waals surface area contributed by atoms with Crippen molar-refractivity contribution in [3.05, 3.63) is 42.2 Å². The van der Waals surface area contributed by atoms with Gasteiger partial charge in [-0.3, -0.25) is 4.68 Å². The molecule has 2 rings (SSSR count). The maximum atomic E-state index is 10.1. The van der Waals surface area contributed by atoms with E-state index in [1.54, 1.807) is 13.3 Å². The van der Waals surface area contributed by atoms with Gasteiger partial charge in [0.2, 0.25) is 0 Å². The highest BCUT2D eigenvalue weighted by molar-refractivity contribution is 5.43. The summed E-state index contributed by atoms with van der Waals surface area (Å²) in [5.74, 6) is 1.31. The maximum absolute atomic E-state index is 10.1. The van der Waals surface area contributed by atoms with Crippen LogP contribution in [0.1, 0.15) is 19.4 Å². The molecule has 2 N–H and O–H groups in total. The van der Waals surface area contributed by atoms with Crippen LogP contribution in [0.3, 0.4) is 0 Å². The van der Waals surface area contributed by atoms with Crippen LogP contribution in [-0.2, 0) is 13.1 Å². The quantitative estimate of drug-likeness (QED) is 0.550. The predicted octanol–water partition coefficient (Wildman–Crippen LogP) is 1.76. The highest BCUT2D eigenvalue weighted by atomic mass is 16.5. The lowest BCUT2D eigenvalue weighted by molar-refractivity contribution is 0.0668. The number of hydrogen-bond acceptors (Lipinski definition) is 6. The maximum Gasteiger partial charge on any atom is 0.161 e. The van der Waals surface area contributed by atoms with Crippen LogP contribution in [0.2, 0.25) is 0 Å². The molecule has 0 aliphatic heterocycles. The van der Waals surface area contributed by atoms with Gasteiger partial charge in [0.15, 0.2) is 11.5 Å². The van der Waals surface area contributed by atoms with Crippen LogP contribution in [0.5, 0.6) is 11.5 Å². The second kappa shape index (κ2) is 10.9. The van der Waals surface area contributed by atoms with Gasteiger partial charge in [-0.15, -0.1) is 0 Å². The number of nitrogens with zero attached hydrogens (tertiary/aromatic N) is 3. The zero-order valence-corrected chi connectivity index (χ0v) is 16.8. The molecule has 27 heavy (non-hydrogen) atoms. The minimum atomic E-state index is -0.550. The van der Waals surface area contributed by atoms with Crippen molar-refractivity contribution < 1.29 is 14.6 Å². The normalized spacial score (nSPS) is 12.6. The average molecular weight is 377 g/mol. The molecular weight excluding hydrogens is 344 g/mol. The third-order valence-corrected chi connectivity index (χ3v) is 4.45. The smallest absolute Gasteiger partial charge is 0.161 e. The topological polar surface area (TPSA) is 71.8 Å². The molecule has 1 heterocycles. The Kier molecular flexibility index (Phi) is 8.57. The molecule has 0 radical (unpaired) electrons. The number of nitrogens with one attached hydrogen (secondary N) is 1. The van der Waals surface area contributed by atoms with E-state index in [2.05, 4.69) is 29.2 Å². The molecule has 1 aromatic carbocycles. The Morgan fingerprint density at radius 1 is 1.30 bits per heavy atom. The number of ether oxygens (including phenoxy) is 2. The summed E-state index contributed by atoms with van der Waals surface area (Å²) < 4.78 is 13.1. The summed E-state index contributed by atoms with van der Waals surface area (Å²) in [6, 6.07) is 8.16. The van der Waals surface area contributed by atoms with E-state index in [0.29, 0.717) is 24.1 Å². The van der Waals surface area contributed by atoms with E-state index in [1.807, 2.05) is 42.2 Å². The number of rotatable bonds is 12. The minimum absolute atomic E-state index is 0.231. The van der Waals surface area contributed by atoms with Gasteiger partial charge in [-0.1, -0.05) is 6.07 Å². The zero-order valence-electron chi connectivity index (χ0n) is 16.8. The van der Waals surface area contributed by atoms with Crippen molar-refractivity contribution in [1.29, 1.82) is 0 Å². The molecule has 2 aromatic rings. The molecule has 7 nitrogen and oxygen atoms in total. The first-order chi connectivity index (χ1) is 13.0. The lowest BCUT2D eigenvalue weighted by atomic mass is 10.2. The molecule has 0 bridgehead atoms. The molecular formula is C20H32N4O3. The molecule has 1 atom stereocenters. The van der Waals surface area contributed by atoms with Crippen LogP contribution < -0.4 is 14.8 Å². The number of aromatic nitrogens is 2. The zero-order chi connectivity index (χ0) is 19.6. The lowest BCUT2D eigenvalue weighted by Crippen LogP contribution is -2.36. The number of hydrogen-bond donors (Lipinski definition) is 2. The van der Waals surface area contributed by atoms with Crippen LogP contribution in [-0.4, -0.2) is 65.8 Å². The summed E-state index contributed by atoms with van der Waals surface area (Å²) >= 11 is 0. The molecule has 0 amide bonds. The largest absolute Gasteiger partial charge is 0.493 e. The van der Waals surface area contributed by atoms with Crippen molar-refractivity contribution in [3.63, 3.8) is 0 Å². The highest BCUT2D eigenvalue weighted by Crippen LogP contribution is 2.28. The van der Waals surface area contributed by atoms with Crippen LogP contribution in [0.4, 0.5) is 0 Å². The molecule has 0 aliphatic rings. The summed E-state index contributed by atoms with van der Waals surface area (Å²) in [4.78, 5) is 2.09. The predicted molar refractivity (Wildman–Crippen MR) is 106 cm³/mol. The molecule has 7 heteroatoms. The van der Waals surface area contributed by atoms with Crippen LogP contribution in [0, 0.1) is 0 Å². The van der Waals surface area contributed by atoms with E-state index in [-0.39, 0.29) is 6.61 Å².